The molecule has 1 atom stereocenters. The predicted molar refractivity (Wildman–Crippen MR) is 94.4 cm³/mol. The first-order valence-corrected chi connectivity index (χ1v) is 7.80. The molecule has 0 spiro atoms. The number of anilines is 3. The van der Waals surface area contributed by atoms with E-state index in [9.17, 15) is 0 Å². The van der Waals surface area contributed by atoms with Crippen molar-refractivity contribution in [3.05, 3.63) is 66.4 Å². The van der Waals surface area contributed by atoms with E-state index >= 15 is 0 Å². The lowest BCUT2D eigenvalue weighted by Crippen LogP contribution is -2.46. The molecular weight excluding hydrogens is 302 g/mol. The van der Waals surface area contributed by atoms with E-state index in [1.165, 1.54) is 0 Å². The van der Waals surface area contributed by atoms with Crippen LogP contribution in [0.25, 0.3) is 0 Å². The summed E-state index contributed by atoms with van der Waals surface area (Å²) in [6, 6.07) is 18.1. The van der Waals surface area contributed by atoms with Crippen LogP contribution in [-0.4, -0.2) is 24.0 Å². The molecular formula is C18H19N5O. The summed E-state index contributed by atoms with van der Waals surface area (Å²) in [4.78, 5) is 4.32. The molecule has 1 aliphatic heterocycles. The molecule has 0 saturated carbocycles. The predicted octanol–water partition coefficient (Wildman–Crippen LogP) is 2.99. The molecule has 0 bridgehead atoms. The summed E-state index contributed by atoms with van der Waals surface area (Å²) in [5.41, 5.74) is 9.57. The molecule has 6 nitrogen and oxygen atoms in total. The van der Waals surface area contributed by atoms with E-state index < -0.39 is 0 Å². The van der Waals surface area contributed by atoms with Crippen molar-refractivity contribution in [3.63, 3.8) is 0 Å². The van der Waals surface area contributed by atoms with Gasteiger partial charge in [-0.1, -0.05) is 18.2 Å². The van der Waals surface area contributed by atoms with E-state index in [0.717, 1.165) is 28.5 Å². The SMILES string of the molecule is COc1ccc(N2CN(c3ccccc3)C(N)c3cn[nH]c32)cc1. The Morgan fingerprint density at radius 1 is 1.08 bits per heavy atom. The summed E-state index contributed by atoms with van der Waals surface area (Å²) in [6.07, 6.45) is 1.56. The number of benzene rings is 2. The molecule has 0 aliphatic carbocycles. The van der Waals surface area contributed by atoms with E-state index in [1.54, 1.807) is 13.3 Å². The highest BCUT2D eigenvalue weighted by Gasteiger charge is 2.31. The van der Waals surface area contributed by atoms with Crippen LogP contribution < -0.4 is 20.3 Å². The fourth-order valence-electron chi connectivity index (χ4n) is 3.03. The van der Waals surface area contributed by atoms with Crippen molar-refractivity contribution in [3.8, 4) is 5.75 Å². The van der Waals surface area contributed by atoms with E-state index in [4.69, 9.17) is 10.5 Å². The lowest BCUT2D eigenvalue weighted by atomic mass is 10.1. The molecule has 1 aliphatic rings. The molecule has 24 heavy (non-hydrogen) atoms. The molecule has 2 heterocycles. The normalized spacial score (nSPS) is 16.8. The van der Waals surface area contributed by atoms with Gasteiger partial charge in [-0.25, -0.2) is 0 Å². The molecule has 1 unspecified atom stereocenters. The number of methoxy groups -OCH3 is 1. The molecule has 0 radical (unpaired) electrons. The molecule has 0 saturated heterocycles. The maximum absolute atomic E-state index is 6.47. The van der Waals surface area contributed by atoms with Gasteiger partial charge in [-0.15, -0.1) is 0 Å². The summed E-state index contributed by atoms with van der Waals surface area (Å²) >= 11 is 0. The molecule has 0 fully saturated rings. The molecule has 1 aromatic heterocycles. The average molecular weight is 321 g/mol. The fourth-order valence-corrected chi connectivity index (χ4v) is 3.03. The smallest absolute Gasteiger partial charge is 0.136 e. The van der Waals surface area contributed by atoms with Gasteiger partial charge < -0.3 is 20.3 Å². The van der Waals surface area contributed by atoms with Gasteiger partial charge in [0.15, 0.2) is 0 Å². The Balaban J connectivity index is 1.75. The van der Waals surface area contributed by atoms with E-state index in [1.807, 2.05) is 42.5 Å². The Kier molecular flexibility index (Phi) is 3.59. The van der Waals surface area contributed by atoms with E-state index in [2.05, 4.69) is 32.1 Å². The number of fused-ring (bicyclic) bond motifs is 1. The minimum absolute atomic E-state index is 0.240. The highest BCUT2D eigenvalue weighted by Crippen LogP contribution is 2.38. The van der Waals surface area contributed by atoms with Crippen LogP contribution in [0.2, 0.25) is 0 Å². The molecule has 2 aromatic carbocycles. The zero-order valence-corrected chi connectivity index (χ0v) is 13.4. The number of aromatic nitrogens is 2. The van der Waals surface area contributed by atoms with Crippen molar-refractivity contribution in [1.29, 1.82) is 0 Å². The molecule has 3 aromatic rings. The topological polar surface area (TPSA) is 70.4 Å². The first-order valence-electron chi connectivity index (χ1n) is 7.80. The van der Waals surface area contributed by atoms with Crippen molar-refractivity contribution in [2.75, 3.05) is 23.6 Å². The van der Waals surface area contributed by atoms with Crippen LogP contribution in [-0.2, 0) is 0 Å². The second-order valence-electron chi connectivity index (χ2n) is 5.69. The third kappa shape index (κ3) is 2.37. The first kappa shape index (κ1) is 14.6. The van der Waals surface area contributed by atoms with Crippen LogP contribution in [0.15, 0.2) is 60.8 Å². The minimum Gasteiger partial charge on any atom is -0.497 e. The summed E-state index contributed by atoms with van der Waals surface area (Å²) in [5, 5.41) is 7.27. The van der Waals surface area contributed by atoms with Gasteiger partial charge in [-0.3, -0.25) is 5.10 Å². The van der Waals surface area contributed by atoms with Gasteiger partial charge in [0.1, 0.15) is 17.7 Å². The van der Waals surface area contributed by atoms with Crippen LogP contribution >= 0.6 is 0 Å². The van der Waals surface area contributed by atoms with Gasteiger partial charge in [0.25, 0.3) is 0 Å². The van der Waals surface area contributed by atoms with Crippen molar-refractivity contribution >= 4 is 17.2 Å². The Bertz CT molecular complexity index is 815. The highest BCUT2D eigenvalue weighted by molar-refractivity contribution is 5.69. The highest BCUT2D eigenvalue weighted by atomic mass is 16.5. The molecule has 122 valence electrons. The summed E-state index contributed by atoms with van der Waals surface area (Å²) in [6.45, 7) is 0.632. The van der Waals surface area contributed by atoms with Crippen molar-refractivity contribution < 1.29 is 4.74 Å². The Labute approximate surface area is 140 Å². The largest absolute Gasteiger partial charge is 0.497 e. The monoisotopic (exact) mass is 321 g/mol. The number of ether oxygens (including phenoxy) is 1. The number of nitrogens with zero attached hydrogens (tertiary/aromatic N) is 3. The quantitative estimate of drug-likeness (QED) is 0.776. The van der Waals surface area contributed by atoms with Crippen molar-refractivity contribution in [2.24, 2.45) is 5.73 Å². The van der Waals surface area contributed by atoms with Gasteiger partial charge in [0.05, 0.1) is 25.5 Å². The van der Waals surface area contributed by atoms with Gasteiger partial charge in [0, 0.05) is 11.4 Å². The van der Waals surface area contributed by atoms with Gasteiger partial charge in [-0.2, -0.15) is 5.10 Å². The lowest BCUT2D eigenvalue weighted by molar-refractivity contribution is 0.415. The Morgan fingerprint density at radius 3 is 2.54 bits per heavy atom. The van der Waals surface area contributed by atoms with Gasteiger partial charge in [-0.05, 0) is 36.4 Å². The summed E-state index contributed by atoms with van der Waals surface area (Å²) in [5.74, 6) is 1.76. The summed E-state index contributed by atoms with van der Waals surface area (Å²) < 4.78 is 5.25. The minimum atomic E-state index is -0.240. The van der Waals surface area contributed by atoms with Gasteiger partial charge in [0.2, 0.25) is 0 Å². The van der Waals surface area contributed by atoms with Crippen molar-refractivity contribution in [1.82, 2.24) is 10.2 Å². The van der Waals surface area contributed by atoms with Crippen LogP contribution in [0.3, 0.4) is 0 Å². The second-order valence-corrected chi connectivity index (χ2v) is 5.69. The van der Waals surface area contributed by atoms with Crippen LogP contribution in [0.1, 0.15) is 11.7 Å². The molecule has 3 N–H and O–H groups in total. The van der Waals surface area contributed by atoms with Crippen LogP contribution in [0, 0.1) is 0 Å². The fraction of sp³-hybridized carbons (Fsp3) is 0.167. The number of hydrogen-bond donors (Lipinski definition) is 2. The second kappa shape index (κ2) is 5.90. The number of hydrogen-bond acceptors (Lipinski definition) is 5. The molecule has 0 amide bonds. The third-order valence-electron chi connectivity index (χ3n) is 4.34. The zero-order chi connectivity index (χ0) is 16.5. The third-order valence-corrected chi connectivity index (χ3v) is 4.34. The van der Waals surface area contributed by atoms with Gasteiger partial charge >= 0.3 is 0 Å². The zero-order valence-electron chi connectivity index (χ0n) is 13.4. The number of aromatic amines is 1. The average Bonchev–Trinajstić information content (AvgIpc) is 3.13. The first-order chi connectivity index (χ1) is 11.8. The Morgan fingerprint density at radius 2 is 1.83 bits per heavy atom. The number of para-hydroxylation sites is 1. The lowest BCUT2D eigenvalue weighted by Gasteiger charge is -2.41. The number of nitrogens with two attached hydrogens (primary N) is 1. The Hall–Kier alpha value is -2.99. The number of nitrogens with one attached hydrogen (secondary N) is 1. The standard InChI is InChI=1S/C18H19N5O/c1-24-15-9-7-14(8-10-15)23-12-22(13-5-3-2-4-6-13)17(19)16-11-20-21-18(16)23/h2-11,17H,12,19H2,1H3,(H,20,21). The summed E-state index contributed by atoms with van der Waals surface area (Å²) in [7, 11) is 1.67. The molecule has 6 heteroatoms. The number of rotatable bonds is 3. The van der Waals surface area contributed by atoms with Crippen LogP contribution in [0.5, 0.6) is 5.75 Å². The maximum atomic E-state index is 6.47. The molecule has 4 rings (SSSR count). The van der Waals surface area contributed by atoms with E-state index in [0.29, 0.717) is 6.67 Å². The van der Waals surface area contributed by atoms with Crippen LogP contribution in [0.4, 0.5) is 17.2 Å². The van der Waals surface area contributed by atoms with Crippen molar-refractivity contribution in [2.45, 2.75) is 6.17 Å². The number of H-pyrrole nitrogens is 1. The maximum Gasteiger partial charge on any atom is 0.136 e. The van der Waals surface area contributed by atoms with E-state index in [-0.39, 0.29) is 6.17 Å².